The van der Waals surface area contributed by atoms with Gasteiger partial charge in [-0.15, -0.1) is 0 Å². The highest BCUT2D eigenvalue weighted by atomic mass is 16.5. The molecule has 1 aliphatic rings. The van der Waals surface area contributed by atoms with E-state index in [1.807, 2.05) is 0 Å². The Hall–Kier alpha value is -1.22. The number of piperazine rings is 1. The molecular formula is C13H20N2O. The van der Waals surface area contributed by atoms with Crippen molar-refractivity contribution in [2.45, 2.75) is 13.3 Å². The van der Waals surface area contributed by atoms with E-state index in [1.165, 1.54) is 11.3 Å². The van der Waals surface area contributed by atoms with E-state index >= 15 is 0 Å². The van der Waals surface area contributed by atoms with Gasteiger partial charge in [0.15, 0.2) is 0 Å². The molecule has 1 fully saturated rings. The molecule has 1 heterocycles. The molecule has 2 rings (SSSR count). The molecule has 0 atom stereocenters. The lowest BCUT2D eigenvalue weighted by Gasteiger charge is -2.30. The largest absolute Gasteiger partial charge is 0.495 e. The predicted molar refractivity (Wildman–Crippen MR) is 67.5 cm³/mol. The average Bonchev–Trinajstić information content (AvgIpc) is 2.39. The Kier molecular flexibility index (Phi) is 3.67. The molecule has 1 aliphatic heterocycles. The van der Waals surface area contributed by atoms with Gasteiger partial charge in [-0.3, -0.25) is 0 Å². The zero-order chi connectivity index (χ0) is 11.4. The topological polar surface area (TPSA) is 24.5 Å². The first kappa shape index (κ1) is 11.3. The minimum atomic E-state index is 1.00. The number of nitrogens with one attached hydrogen (secondary N) is 1. The summed E-state index contributed by atoms with van der Waals surface area (Å²) < 4.78 is 5.48. The van der Waals surface area contributed by atoms with E-state index in [0.717, 1.165) is 38.3 Å². The Labute approximate surface area is 97.4 Å². The fourth-order valence-electron chi connectivity index (χ4n) is 2.11. The van der Waals surface area contributed by atoms with Crippen molar-refractivity contribution in [2.24, 2.45) is 0 Å². The molecule has 0 aromatic heterocycles. The molecule has 0 amide bonds. The summed E-state index contributed by atoms with van der Waals surface area (Å²) in [4.78, 5) is 2.38. The van der Waals surface area contributed by atoms with Gasteiger partial charge in [-0.05, 0) is 24.1 Å². The van der Waals surface area contributed by atoms with Crippen LogP contribution in [0.3, 0.4) is 0 Å². The van der Waals surface area contributed by atoms with Crippen molar-refractivity contribution in [3.05, 3.63) is 23.8 Å². The van der Waals surface area contributed by atoms with Crippen molar-refractivity contribution in [1.29, 1.82) is 0 Å². The minimum absolute atomic E-state index is 1.00. The van der Waals surface area contributed by atoms with Crippen LogP contribution in [0.5, 0.6) is 5.75 Å². The maximum absolute atomic E-state index is 5.48. The van der Waals surface area contributed by atoms with Crippen LogP contribution in [0, 0.1) is 0 Å². The number of hydrogen-bond acceptors (Lipinski definition) is 3. The SMILES string of the molecule is CCc1ccc(N2CCNCC2)c(OC)c1. The number of ether oxygens (including phenoxy) is 1. The molecule has 0 aliphatic carbocycles. The highest BCUT2D eigenvalue weighted by Gasteiger charge is 2.14. The molecule has 1 aromatic rings. The minimum Gasteiger partial charge on any atom is -0.495 e. The first-order valence-corrected chi connectivity index (χ1v) is 5.97. The van der Waals surface area contributed by atoms with E-state index in [4.69, 9.17) is 4.74 Å². The van der Waals surface area contributed by atoms with Crippen molar-refractivity contribution >= 4 is 5.69 Å². The number of anilines is 1. The van der Waals surface area contributed by atoms with Crippen LogP contribution in [0.4, 0.5) is 5.69 Å². The Morgan fingerprint density at radius 2 is 2.06 bits per heavy atom. The van der Waals surface area contributed by atoms with Gasteiger partial charge in [0.1, 0.15) is 5.75 Å². The van der Waals surface area contributed by atoms with Crippen LogP contribution in [0.25, 0.3) is 0 Å². The van der Waals surface area contributed by atoms with Crippen LogP contribution in [0.15, 0.2) is 18.2 Å². The second-order valence-corrected chi connectivity index (χ2v) is 4.10. The van der Waals surface area contributed by atoms with Crippen molar-refractivity contribution in [2.75, 3.05) is 38.2 Å². The molecule has 88 valence electrons. The van der Waals surface area contributed by atoms with Crippen LogP contribution in [-0.2, 0) is 6.42 Å². The van der Waals surface area contributed by atoms with E-state index in [1.54, 1.807) is 7.11 Å². The van der Waals surface area contributed by atoms with Crippen LogP contribution < -0.4 is 15.0 Å². The zero-order valence-electron chi connectivity index (χ0n) is 10.1. The lowest BCUT2D eigenvalue weighted by Crippen LogP contribution is -2.43. The lowest BCUT2D eigenvalue weighted by molar-refractivity contribution is 0.412. The van der Waals surface area contributed by atoms with Gasteiger partial charge in [0, 0.05) is 26.2 Å². The fraction of sp³-hybridized carbons (Fsp3) is 0.538. The molecule has 0 radical (unpaired) electrons. The summed E-state index contributed by atoms with van der Waals surface area (Å²) in [5, 5.41) is 3.36. The first-order valence-electron chi connectivity index (χ1n) is 5.97. The second kappa shape index (κ2) is 5.21. The molecule has 16 heavy (non-hydrogen) atoms. The van der Waals surface area contributed by atoms with Gasteiger partial charge in [0.2, 0.25) is 0 Å². The maximum atomic E-state index is 5.48. The van der Waals surface area contributed by atoms with Gasteiger partial charge in [0.25, 0.3) is 0 Å². The summed E-state index contributed by atoms with van der Waals surface area (Å²) >= 11 is 0. The fourth-order valence-corrected chi connectivity index (χ4v) is 2.11. The second-order valence-electron chi connectivity index (χ2n) is 4.10. The molecule has 3 nitrogen and oxygen atoms in total. The Morgan fingerprint density at radius 1 is 1.31 bits per heavy atom. The molecule has 0 bridgehead atoms. The maximum Gasteiger partial charge on any atom is 0.142 e. The summed E-state index contributed by atoms with van der Waals surface area (Å²) in [6, 6.07) is 6.53. The summed E-state index contributed by atoms with van der Waals surface area (Å²) in [6.45, 7) is 6.39. The van der Waals surface area contributed by atoms with Gasteiger partial charge >= 0.3 is 0 Å². The van der Waals surface area contributed by atoms with Crippen LogP contribution in [-0.4, -0.2) is 33.3 Å². The van der Waals surface area contributed by atoms with Crippen LogP contribution in [0.1, 0.15) is 12.5 Å². The number of rotatable bonds is 3. The first-order chi connectivity index (χ1) is 7.85. The Balaban J connectivity index is 2.24. The molecule has 1 N–H and O–H groups in total. The van der Waals surface area contributed by atoms with E-state index in [0.29, 0.717) is 0 Å². The highest BCUT2D eigenvalue weighted by molar-refractivity contribution is 5.60. The van der Waals surface area contributed by atoms with Crippen LogP contribution >= 0.6 is 0 Å². The zero-order valence-corrected chi connectivity index (χ0v) is 10.1. The van der Waals surface area contributed by atoms with Gasteiger partial charge in [0.05, 0.1) is 12.8 Å². The Morgan fingerprint density at radius 3 is 2.69 bits per heavy atom. The molecule has 1 saturated heterocycles. The number of benzene rings is 1. The van der Waals surface area contributed by atoms with Crippen LogP contribution in [0.2, 0.25) is 0 Å². The monoisotopic (exact) mass is 220 g/mol. The summed E-state index contributed by atoms with van der Waals surface area (Å²) in [7, 11) is 1.75. The molecular weight excluding hydrogens is 200 g/mol. The third-order valence-electron chi connectivity index (χ3n) is 3.11. The normalized spacial score (nSPS) is 16.2. The van der Waals surface area contributed by atoms with Crippen molar-refractivity contribution in [3.63, 3.8) is 0 Å². The highest BCUT2D eigenvalue weighted by Crippen LogP contribution is 2.29. The van der Waals surface area contributed by atoms with E-state index in [2.05, 4.69) is 35.3 Å². The number of aryl methyl sites for hydroxylation is 1. The third kappa shape index (κ3) is 2.30. The summed E-state index contributed by atoms with van der Waals surface area (Å²) in [5.41, 5.74) is 2.55. The van der Waals surface area contributed by atoms with Crippen molar-refractivity contribution in [1.82, 2.24) is 5.32 Å². The summed E-state index contributed by atoms with van der Waals surface area (Å²) in [6.07, 6.45) is 1.05. The molecule has 1 aromatic carbocycles. The molecule has 0 spiro atoms. The van der Waals surface area contributed by atoms with E-state index in [9.17, 15) is 0 Å². The number of hydrogen-bond donors (Lipinski definition) is 1. The van der Waals surface area contributed by atoms with E-state index < -0.39 is 0 Å². The average molecular weight is 220 g/mol. The van der Waals surface area contributed by atoms with Gasteiger partial charge in [-0.25, -0.2) is 0 Å². The van der Waals surface area contributed by atoms with E-state index in [-0.39, 0.29) is 0 Å². The molecule has 3 heteroatoms. The van der Waals surface area contributed by atoms with Crippen molar-refractivity contribution in [3.8, 4) is 5.75 Å². The lowest BCUT2D eigenvalue weighted by atomic mass is 10.1. The molecule has 0 saturated carbocycles. The number of methoxy groups -OCH3 is 1. The summed E-state index contributed by atoms with van der Waals surface area (Å²) in [5.74, 6) is 1.00. The Bertz CT molecular complexity index is 346. The third-order valence-corrected chi connectivity index (χ3v) is 3.11. The smallest absolute Gasteiger partial charge is 0.142 e. The quantitative estimate of drug-likeness (QED) is 0.838. The predicted octanol–water partition coefficient (Wildman–Crippen LogP) is 1.67. The van der Waals surface area contributed by atoms with Crippen molar-refractivity contribution < 1.29 is 4.74 Å². The molecule has 0 unspecified atom stereocenters. The number of nitrogens with zero attached hydrogens (tertiary/aromatic N) is 1. The van der Waals surface area contributed by atoms with Gasteiger partial charge in [-0.2, -0.15) is 0 Å². The van der Waals surface area contributed by atoms with Gasteiger partial charge in [-0.1, -0.05) is 13.0 Å². The standard InChI is InChI=1S/C13H20N2O/c1-3-11-4-5-12(13(10-11)16-2)15-8-6-14-7-9-15/h4-5,10,14H,3,6-9H2,1-2H3. The van der Waals surface area contributed by atoms with Gasteiger partial charge < -0.3 is 15.0 Å².